The molecule has 0 saturated carbocycles. The summed E-state index contributed by atoms with van der Waals surface area (Å²) in [5.41, 5.74) is 1.10. The molecule has 1 aromatic carbocycles. The maximum absolute atomic E-state index is 12.9. The van der Waals surface area contributed by atoms with Crippen molar-refractivity contribution in [3.05, 3.63) is 71.4 Å². The number of nitrogens with zero attached hydrogens (tertiary/aromatic N) is 5. The minimum absolute atomic E-state index is 0.0130. The monoisotopic (exact) mass is 426 g/mol. The maximum atomic E-state index is 12.9. The number of furan rings is 1. The lowest BCUT2D eigenvalue weighted by atomic mass is 10.1. The van der Waals surface area contributed by atoms with Crippen LogP contribution in [0.5, 0.6) is 0 Å². The summed E-state index contributed by atoms with van der Waals surface area (Å²) in [4.78, 5) is 15.1. The summed E-state index contributed by atoms with van der Waals surface area (Å²) in [5.74, 6) is 0.799. The fourth-order valence-electron chi connectivity index (χ4n) is 3.71. The normalized spacial score (nSPS) is 19.5. The Morgan fingerprint density at radius 2 is 2.27 bits per heavy atom. The number of rotatable bonds is 8. The SMILES string of the molecule is O=C(NCCc1cccc(Cl)c1)[C@@H]1C[C@@H](n2cnnn2)CN1CC=Cc1ccco1. The minimum atomic E-state index is -0.250. The smallest absolute Gasteiger partial charge is 0.237 e. The Morgan fingerprint density at radius 1 is 1.33 bits per heavy atom. The van der Waals surface area contributed by atoms with E-state index in [-0.39, 0.29) is 18.0 Å². The van der Waals surface area contributed by atoms with Crippen molar-refractivity contribution < 1.29 is 9.21 Å². The van der Waals surface area contributed by atoms with Crippen molar-refractivity contribution >= 4 is 23.6 Å². The third kappa shape index (κ3) is 5.14. The molecule has 1 aliphatic rings. The van der Waals surface area contributed by atoms with E-state index < -0.39 is 0 Å². The number of hydrogen-bond acceptors (Lipinski definition) is 6. The number of nitrogens with one attached hydrogen (secondary N) is 1. The molecular formula is C21H23ClN6O2. The van der Waals surface area contributed by atoms with E-state index in [2.05, 4.69) is 25.7 Å². The van der Waals surface area contributed by atoms with Crippen LogP contribution in [0.15, 0.2) is 59.5 Å². The number of carbonyl (C=O) groups excluding carboxylic acids is 1. The van der Waals surface area contributed by atoms with Gasteiger partial charge >= 0.3 is 0 Å². The largest absolute Gasteiger partial charge is 0.465 e. The van der Waals surface area contributed by atoms with Crippen LogP contribution in [-0.2, 0) is 11.2 Å². The lowest BCUT2D eigenvalue weighted by Crippen LogP contribution is -2.43. The molecule has 0 spiro atoms. The standard InChI is InChI=1S/C21H23ClN6O2/c22-17-5-1-4-16(12-17)8-9-23-21(29)20-13-18(28-15-24-25-26-28)14-27(20)10-2-6-19-7-3-11-30-19/h1-7,11-12,15,18,20H,8-10,13-14H2,(H,23,29)/t18-,20+/m1/s1. The highest BCUT2D eigenvalue weighted by Crippen LogP contribution is 2.26. The van der Waals surface area contributed by atoms with Gasteiger partial charge in [-0.05, 0) is 59.2 Å². The summed E-state index contributed by atoms with van der Waals surface area (Å²) < 4.78 is 7.06. The van der Waals surface area contributed by atoms with Crippen LogP contribution in [0.25, 0.3) is 6.08 Å². The second kappa shape index (κ2) is 9.69. The third-order valence-electron chi connectivity index (χ3n) is 5.19. The molecule has 4 rings (SSSR count). The van der Waals surface area contributed by atoms with E-state index in [9.17, 15) is 4.79 Å². The second-order valence-corrected chi connectivity index (χ2v) is 7.67. The van der Waals surface area contributed by atoms with E-state index in [0.717, 1.165) is 17.7 Å². The van der Waals surface area contributed by atoms with Crippen LogP contribution in [-0.4, -0.2) is 56.7 Å². The number of carbonyl (C=O) groups is 1. The van der Waals surface area contributed by atoms with Crippen LogP contribution >= 0.6 is 11.6 Å². The predicted octanol–water partition coefficient (Wildman–Crippen LogP) is 2.61. The van der Waals surface area contributed by atoms with Gasteiger partial charge < -0.3 is 9.73 Å². The van der Waals surface area contributed by atoms with Gasteiger partial charge in [-0.2, -0.15) is 0 Å². The number of tetrazole rings is 1. The molecule has 3 aromatic rings. The zero-order valence-electron chi connectivity index (χ0n) is 16.4. The molecule has 1 fully saturated rings. The molecule has 0 radical (unpaired) electrons. The molecule has 1 saturated heterocycles. The molecule has 30 heavy (non-hydrogen) atoms. The molecule has 8 nitrogen and oxygen atoms in total. The van der Waals surface area contributed by atoms with Crippen LogP contribution in [0.2, 0.25) is 5.02 Å². The maximum Gasteiger partial charge on any atom is 0.237 e. The predicted molar refractivity (Wildman–Crippen MR) is 113 cm³/mol. The number of benzene rings is 1. The van der Waals surface area contributed by atoms with Crippen molar-refractivity contribution in [1.29, 1.82) is 0 Å². The van der Waals surface area contributed by atoms with Crippen molar-refractivity contribution in [3.63, 3.8) is 0 Å². The average Bonchev–Trinajstić information content (AvgIpc) is 3.50. The molecular weight excluding hydrogens is 404 g/mol. The Balaban J connectivity index is 1.37. The minimum Gasteiger partial charge on any atom is -0.465 e. The summed E-state index contributed by atoms with van der Waals surface area (Å²) in [6, 6.07) is 11.2. The van der Waals surface area contributed by atoms with Gasteiger partial charge in [-0.25, -0.2) is 4.68 Å². The fourth-order valence-corrected chi connectivity index (χ4v) is 3.92. The van der Waals surface area contributed by atoms with Crippen LogP contribution in [0.3, 0.4) is 0 Å². The molecule has 9 heteroatoms. The van der Waals surface area contributed by atoms with Gasteiger partial charge in [0.2, 0.25) is 5.91 Å². The highest BCUT2D eigenvalue weighted by atomic mass is 35.5. The second-order valence-electron chi connectivity index (χ2n) is 7.24. The van der Waals surface area contributed by atoms with Gasteiger partial charge in [0, 0.05) is 24.7 Å². The lowest BCUT2D eigenvalue weighted by Gasteiger charge is -2.21. The number of amides is 1. The summed E-state index contributed by atoms with van der Waals surface area (Å²) in [7, 11) is 0. The van der Waals surface area contributed by atoms with Crippen LogP contribution < -0.4 is 5.32 Å². The summed E-state index contributed by atoms with van der Waals surface area (Å²) in [6.07, 6.45) is 8.54. The quantitative estimate of drug-likeness (QED) is 0.595. The molecule has 3 heterocycles. The van der Waals surface area contributed by atoms with Crippen molar-refractivity contribution in [3.8, 4) is 0 Å². The van der Waals surface area contributed by atoms with Gasteiger partial charge in [0.1, 0.15) is 12.1 Å². The Morgan fingerprint density at radius 3 is 3.03 bits per heavy atom. The van der Waals surface area contributed by atoms with Gasteiger partial charge in [-0.1, -0.05) is 29.8 Å². The van der Waals surface area contributed by atoms with E-state index in [1.54, 1.807) is 17.3 Å². The van der Waals surface area contributed by atoms with Crippen LogP contribution in [0.4, 0.5) is 0 Å². The Hall–Kier alpha value is -2.97. The van der Waals surface area contributed by atoms with E-state index in [1.807, 2.05) is 48.6 Å². The van der Waals surface area contributed by atoms with E-state index in [1.165, 1.54) is 0 Å². The molecule has 0 bridgehead atoms. The van der Waals surface area contributed by atoms with E-state index in [4.69, 9.17) is 16.0 Å². The third-order valence-corrected chi connectivity index (χ3v) is 5.43. The number of aromatic nitrogens is 4. The first-order valence-electron chi connectivity index (χ1n) is 9.88. The molecule has 0 unspecified atom stereocenters. The molecule has 156 valence electrons. The van der Waals surface area contributed by atoms with Crippen molar-refractivity contribution in [2.24, 2.45) is 0 Å². The van der Waals surface area contributed by atoms with Crippen LogP contribution in [0.1, 0.15) is 23.8 Å². The molecule has 1 aliphatic heterocycles. The zero-order chi connectivity index (χ0) is 20.8. The van der Waals surface area contributed by atoms with Gasteiger partial charge in [0.15, 0.2) is 0 Å². The van der Waals surface area contributed by atoms with Crippen molar-refractivity contribution in [2.75, 3.05) is 19.6 Å². The Labute approximate surface area is 179 Å². The van der Waals surface area contributed by atoms with Crippen molar-refractivity contribution in [2.45, 2.75) is 24.9 Å². The summed E-state index contributed by atoms with van der Waals surface area (Å²) >= 11 is 6.03. The van der Waals surface area contributed by atoms with E-state index in [0.29, 0.717) is 31.1 Å². The topological polar surface area (TPSA) is 89.1 Å². The van der Waals surface area contributed by atoms with E-state index >= 15 is 0 Å². The highest BCUT2D eigenvalue weighted by molar-refractivity contribution is 6.30. The average molecular weight is 427 g/mol. The van der Waals surface area contributed by atoms with Gasteiger partial charge in [-0.15, -0.1) is 5.10 Å². The molecule has 0 aliphatic carbocycles. The van der Waals surface area contributed by atoms with Crippen molar-refractivity contribution in [1.82, 2.24) is 30.4 Å². The number of hydrogen-bond donors (Lipinski definition) is 1. The number of likely N-dealkylation sites (tertiary alicyclic amines) is 1. The number of halogens is 1. The molecule has 2 atom stereocenters. The van der Waals surface area contributed by atoms with Gasteiger partial charge in [0.25, 0.3) is 0 Å². The van der Waals surface area contributed by atoms with Gasteiger partial charge in [-0.3, -0.25) is 9.69 Å². The molecule has 1 N–H and O–H groups in total. The Bertz CT molecular complexity index is 973. The molecule has 2 aromatic heterocycles. The molecule has 1 amide bonds. The van der Waals surface area contributed by atoms with Crippen LogP contribution in [0, 0.1) is 0 Å². The zero-order valence-corrected chi connectivity index (χ0v) is 17.2. The summed E-state index contributed by atoms with van der Waals surface area (Å²) in [5, 5.41) is 15.2. The first kappa shape index (κ1) is 20.3. The fraction of sp³-hybridized carbons (Fsp3) is 0.333. The highest BCUT2D eigenvalue weighted by Gasteiger charge is 2.37. The lowest BCUT2D eigenvalue weighted by molar-refractivity contribution is -0.125. The first-order valence-corrected chi connectivity index (χ1v) is 10.3. The Kier molecular flexibility index (Phi) is 6.56. The van der Waals surface area contributed by atoms with Gasteiger partial charge in [0.05, 0.1) is 18.3 Å². The first-order chi connectivity index (χ1) is 14.7. The summed E-state index contributed by atoms with van der Waals surface area (Å²) in [6.45, 7) is 1.88.